The number of rotatable bonds is 2. The van der Waals surface area contributed by atoms with E-state index in [0.717, 1.165) is 0 Å². The maximum Gasteiger partial charge on any atom is 0.416 e. The Morgan fingerprint density at radius 2 is 1.78 bits per heavy atom. The molecule has 9 heteroatoms. The lowest BCUT2D eigenvalue weighted by molar-refractivity contribution is 0.0287. The molecule has 1 fully saturated rings. The zero-order valence-electron chi connectivity index (χ0n) is 16.7. The van der Waals surface area contributed by atoms with Crippen molar-refractivity contribution in [2.45, 2.75) is 65.2 Å². The molecule has 0 radical (unpaired) electrons. The van der Waals surface area contributed by atoms with Crippen LogP contribution in [-0.2, 0) is 9.47 Å². The number of nitrogens with zero attached hydrogens (tertiary/aromatic N) is 4. The first-order chi connectivity index (χ1) is 12.4. The minimum absolute atomic E-state index is 0.169. The van der Waals surface area contributed by atoms with E-state index < -0.39 is 23.4 Å². The molecule has 2 amide bonds. The van der Waals surface area contributed by atoms with Crippen molar-refractivity contribution in [3.8, 4) is 0 Å². The van der Waals surface area contributed by atoms with E-state index in [9.17, 15) is 9.59 Å². The third kappa shape index (κ3) is 6.23. The van der Waals surface area contributed by atoms with Gasteiger partial charge in [-0.15, -0.1) is 0 Å². The van der Waals surface area contributed by atoms with Crippen molar-refractivity contribution in [2.75, 3.05) is 18.0 Å². The molecule has 2 rings (SSSR count). The van der Waals surface area contributed by atoms with Crippen LogP contribution in [0.2, 0.25) is 5.15 Å². The topological polar surface area (TPSA) is 84.9 Å². The number of aromatic nitrogens is 2. The molecule has 1 unspecified atom stereocenters. The number of carbonyl (C=O) groups is 2. The van der Waals surface area contributed by atoms with Gasteiger partial charge in [-0.05, 0) is 48.0 Å². The predicted octanol–water partition coefficient (Wildman–Crippen LogP) is 3.88. The average molecular weight is 399 g/mol. The van der Waals surface area contributed by atoms with Gasteiger partial charge in [0.05, 0.1) is 18.4 Å². The molecule has 2 heterocycles. The van der Waals surface area contributed by atoms with Gasteiger partial charge in [0.25, 0.3) is 0 Å². The van der Waals surface area contributed by atoms with Crippen molar-refractivity contribution >= 4 is 29.6 Å². The third-order valence-electron chi connectivity index (χ3n) is 3.61. The van der Waals surface area contributed by atoms with Crippen molar-refractivity contribution in [3.05, 3.63) is 17.5 Å². The summed E-state index contributed by atoms with van der Waals surface area (Å²) in [5.41, 5.74) is -1.26. The summed E-state index contributed by atoms with van der Waals surface area (Å²) in [6, 6.07) is -0.319. The normalized spacial score (nSPS) is 17.6. The van der Waals surface area contributed by atoms with Crippen LogP contribution in [-0.4, -0.2) is 57.4 Å². The summed E-state index contributed by atoms with van der Waals surface area (Å²) in [6.07, 6.45) is 2.43. The minimum atomic E-state index is -0.676. The largest absolute Gasteiger partial charge is 0.444 e. The van der Waals surface area contributed by atoms with E-state index in [0.29, 0.717) is 19.5 Å². The molecule has 0 spiro atoms. The Kier molecular flexibility index (Phi) is 6.19. The van der Waals surface area contributed by atoms with Crippen LogP contribution in [0.3, 0.4) is 0 Å². The van der Waals surface area contributed by atoms with Crippen molar-refractivity contribution in [1.29, 1.82) is 0 Å². The van der Waals surface area contributed by atoms with Crippen molar-refractivity contribution in [1.82, 2.24) is 14.9 Å². The highest BCUT2D eigenvalue weighted by Crippen LogP contribution is 2.26. The second-order valence-corrected chi connectivity index (χ2v) is 8.81. The Labute approximate surface area is 164 Å². The van der Waals surface area contributed by atoms with Gasteiger partial charge in [0.15, 0.2) is 5.82 Å². The molecule has 0 aliphatic carbocycles. The summed E-state index contributed by atoms with van der Waals surface area (Å²) < 4.78 is 10.9. The molecule has 1 aliphatic heterocycles. The maximum atomic E-state index is 12.8. The van der Waals surface area contributed by atoms with Gasteiger partial charge >= 0.3 is 12.2 Å². The van der Waals surface area contributed by atoms with Crippen molar-refractivity contribution < 1.29 is 19.1 Å². The molecule has 1 aliphatic rings. The number of halogens is 1. The second-order valence-electron chi connectivity index (χ2n) is 8.42. The Morgan fingerprint density at radius 1 is 1.15 bits per heavy atom. The Balaban J connectivity index is 2.22. The Hall–Kier alpha value is -2.09. The van der Waals surface area contributed by atoms with Gasteiger partial charge in [-0.2, -0.15) is 0 Å². The van der Waals surface area contributed by atoms with Crippen LogP contribution in [0, 0.1) is 0 Å². The lowest BCUT2D eigenvalue weighted by Crippen LogP contribution is -2.46. The molecule has 0 saturated carbocycles. The molecule has 0 bridgehead atoms. The van der Waals surface area contributed by atoms with Gasteiger partial charge in [0.1, 0.15) is 16.4 Å². The van der Waals surface area contributed by atoms with Gasteiger partial charge in [-0.3, -0.25) is 9.88 Å². The van der Waals surface area contributed by atoms with E-state index in [2.05, 4.69) is 9.97 Å². The van der Waals surface area contributed by atoms with E-state index in [4.69, 9.17) is 21.1 Å². The summed E-state index contributed by atoms with van der Waals surface area (Å²) >= 11 is 5.95. The number of amides is 2. The number of carbonyl (C=O) groups excluding carboxylic acids is 2. The van der Waals surface area contributed by atoms with Gasteiger partial charge in [-0.1, -0.05) is 11.6 Å². The van der Waals surface area contributed by atoms with Gasteiger partial charge in [0.2, 0.25) is 0 Å². The quantitative estimate of drug-likeness (QED) is 0.751. The molecular formula is C18H27ClN4O4. The maximum absolute atomic E-state index is 12.8. The summed E-state index contributed by atoms with van der Waals surface area (Å²) in [4.78, 5) is 36.3. The molecule has 27 heavy (non-hydrogen) atoms. The number of anilines is 1. The fourth-order valence-corrected chi connectivity index (χ4v) is 2.78. The molecule has 1 atom stereocenters. The molecule has 1 saturated heterocycles. The predicted molar refractivity (Wildman–Crippen MR) is 102 cm³/mol. The molecule has 0 N–H and O–H groups in total. The van der Waals surface area contributed by atoms with Crippen LogP contribution in [0.4, 0.5) is 15.4 Å². The first-order valence-corrected chi connectivity index (χ1v) is 9.21. The molecule has 8 nitrogen and oxygen atoms in total. The van der Waals surface area contributed by atoms with Crippen LogP contribution in [0.1, 0.15) is 48.0 Å². The summed E-state index contributed by atoms with van der Waals surface area (Å²) in [5.74, 6) is 0.285. The molecule has 150 valence electrons. The highest BCUT2D eigenvalue weighted by Gasteiger charge is 2.38. The van der Waals surface area contributed by atoms with E-state index in [1.807, 2.05) is 20.8 Å². The van der Waals surface area contributed by atoms with Crippen molar-refractivity contribution in [2.24, 2.45) is 0 Å². The Bertz CT molecular complexity index is 699. The highest BCUT2D eigenvalue weighted by molar-refractivity contribution is 6.29. The van der Waals surface area contributed by atoms with Crippen LogP contribution in [0.15, 0.2) is 12.4 Å². The number of hydrogen-bond donors (Lipinski definition) is 0. The van der Waals surface area contributed by atoms with E-state index in [1.165, 1.54) is 17.3 Å². The zero-order valence-corrected chi connectivity index (χ0v) is 17.4. The monoisotopic (exact) mass is 398 g/mol. The fourth-order valence-electron chi connectivity index (χ4n) is 2.63. The van der Waals surface area contributed by atoms with E-state index in [-0.39, 0.29) is 17.0 Å². The third-order valence-corrected chi connectivity index (χ3v) is 3.79. The molecule has 1 aromatic heterocycles. The number of ether oxygens (including phenoxy) is 2. The molecule has 1 aromatic rings. The van der Waals surface area contributed by atoms with Gasteiger partial charge < -0.3 is 14.4 Å². The van der Waals surface area contributed by atoms with Gasteiger partial charge in [-0.25, -0.2) is 14.6 Å². The smallest absolute Gasteiger partial charge is 0.416 e. The van der Waals surface area contributed by atoms with Crippen molar-refractivity contribution in [3.63, 3.8) is 0 Å². The van der Waals surface area contributed by atoms with Crippen LogP contribution in [0.5, 0.6) is 0 Å². The summed E-state index contributed by atoms with van der Waals surface area (Å²) in [7, 11) is 0. The number of hydrogen-bond acceptors (Lipinski definition) is 6. The average Bonchev–Trinajstić information content (AvgIpc) is 2.93. The highest BCUT2D eigenvalue weighted by atomic mass is 35.5. The van der Waals surface area contributed by atoms with Gasteiger partial charge in [0, 0.05) is 13.1 Å². The second kappa shape index (κ2) is 7.88. The zero-order chi connectivity index (χ0) is 20.4. The fraction of sp³-hybridized carbons (Fsp3) is 0.667. The van der Waals surface area contributed by atoms with E-state index >= 15 is 0 Å². The molecular weight excluding hydrogens is 372 g/mol. The first kappa shape index (κ1) is 21.2. The van der Waals surface area contributed by atoms with Crippen LogP contribution >= 0.6 is 11.6 Å². The minimum Gasteiger partial charge on any atom is -0.444 e. The van der Waals surface area contributed by atoms with E-state index in [1.54, 1.807) is 25.7 Å². The summed E-state index contributed by atoms with van der Waals surface area (Å²) in [5, 5.41) is 0.169. The Morgan fingerprint density at radius 3 is 2.33 bits per heavy atom. The number of likely N-dealkylation sites (tertiary alicyclic amines) is 1. The van der Waals surface area contributed by atoms with Crippen LogP contribution in [0.25, 0.3) is 0 Å². The summed E-state index contributed by atoms with van der Waals surface area (Å²) in [6.45, 7) is 11.6. The lowest BCUT2D eigenvalue weighted by atomic mass is 10.2. The SMILES string of the molecule is CC(C)(C)OC(=O)N1CCC(N(C(=O)OC(C)(C)C)c2cncc(Cl)n2)C1. The van der Waals surface area contributed by atoms with Crippen LogP contribution < -0.4 is 4.90 Å². The molecule has 0 aromatic carbocycles. The first-order valence-electron chi connectivity index (χ1n) is 8.83. The standard InChI is InChI=1S/C18H27ClN4O4/c1-17(2,3)26-15(24)22-8-7-12(11-22)23(16(25)27-18(4,5)6)14-10-20-9-13(19)21-14/h9-10,12H,7-8,11H2,1-6H3. The lowest BCUT2D eigenvalue weighted by Gasteiger charge is -2.31.